The third-order valence-corrected chi connectivity index (χ3v) is 7.53. The zero-order valence-electron chi connectivity index (χ0n) is 21.7. The molecule has 5 atom stereocenters. The van der Waals surface area contributed by atoms with E-state index < -0.39 is 18.0 Å². The van der Waals surface area contributed by atoms with Crippen LogP contribution in [0.2, 0.25) is 5.15 Å². The summed E-state index contributed by atoms with van der Waals surface area (Å²) in [5, 5.41) is 3.33. The Balaban J connectivity index is 0.00000400. The van der Waals surface area contributed by atoms with Crippen LogP contribution in [-0.4, -0.2) is 59.1 Å². The number of carbonyl (C=O) groups excluding carboxylic acids is 3. The third kappa shape index (κ3) is 6.84. The van der Waals surface area contributed by atoms with Crippen molar-refractivity contribution in [1.29, 1.82) is 0 Å². The molecule has 1 aromatic heterocycles. The van der Waals surface area contributed by atoms with Crippen LogP contribution in [0.1, 0.15) is 56.6 Å². The molecule has 1 aromatic carbocycles. The molecule has 8 nitrogen and oxygen atoms in total. The van der Waals surface area contributed by atoms with Gasteiger partial charge in [0.2, 0.25) is 5.91 Å². The Morgan fingerprint density at radius 2 is 1.76 bits per heavy atom. The Kier molecular flexibility index (Phi) is 10.9. The quantitative estimate of drug-likeness (QED) is 0.321. The lowest BCUT2D eigenvalue weighted by Crippen LogP contribution is -2.48. The van der Waals surface area contributed by atoms with E-state index in [0.29, 0.717) is 5.15 Å². The van der Waals surface area contributed by atoms with Gasteiger partial charge in [-0.15, -0.1) is 12.4 Å². The van der Waals surface area contributed by atoms with Gasteiger partial charge in [-0.05, 0) is 50.3 Å². The van der Waals surface area contributed by atoms with Crippen molar-refractivity contribution in [1.82, 2.24) is 15.2 Å². The van der Waals surface area contributed by atoms with Crippen molar-refractivity contribution in [3.63, 3.8) is 0 Å². The van der Waals surface area contributed by atoms with Gasteiger partial charge in [-0.2, -0.15) is 0 Å². The van der Waals surface area contributed by atoms with Crippen LogP contribution in [0.4, 0.5) is 0 Å². The summed E-state index contributed by atoms with van der Waals surface area (Å²) in [6.45, 7) is 4.62. The van der Waals surface area contributed by atoms with Gasteiger partial charge < -0.3 is 14.8 Å². The number of carbonyl (C=O) groups is 3. The Bertz CT molecular complexity index is 1090. The fraction of sp³-hybridized carbons (Fsp3) is 0.500. The topological polar surface area (TPSA) is 97.8 Å². The van der Waals surface area contributed by atoms with Gasteiger partial charge >= 0.3 is 11.9 Å². The molecule has 2 aromatic rings. The summed E-state index contributed by atoms with van der Waals surface area (Å²) in [7, 11) is 0. The van der Waals surface area contributed by atoms with Gasteiger partial charge in [0, 0.05) is 37.2 Å². The second-order valence-electron chi connectivity index (χ2n) is 9.49. The van der Waals surface area contributed by atoms with Crippen molar-refractivity contribution < 1.29 is 23.9 Å². The van der Waals surface area contributed by atoms with E-state index in [1.165, 1.54) is 5.56 Å². The normalized spacial score (nSPS) is 22.8. The number of amides is 1. The number of benzene rings is 1. The molecule has 4 rings (SSSR count). The number of esters is 2. The standard InChI is InChI=1S/C28H34ClN3O5.ClH/c1-3-36-24(33)15-11-20(28(35)37-4-2)31-27(34)26-22-13-12-21(25(26)19-10-14-23(29)30-16-19)32(22)17-18-8-6-5-7-9-18;/h5-10,14,16,20-22,25-26H,3-4,11-13,15,17H2,1-2H3,(H,31,34);1H. The van der Waals surface area contributed by atoms with Crippen LogP contribution in [0.3, 0.4) is 0 Å². The third-order valence-electron chi connectivity index (χ3n) is 7.30. The smallest absolute Gasteiger partial charge is 0.328 e. The Labute approximate surface area is 234 Å². The number of hydrogen-bond donors (Lipinski definition) is 1. The van der Waals surface area contributed by atoms with Crippen LogP contribution in [0.15, 0.2) is 48.7 Å². The van der Waals surface area contributed by atoms with Crippen LogP contribution >= 0.6 is 24.0 Å². The summed E-state index contributed by atoms with van der Waals surface area (Å²) < 4.78 is 10.2. The van der Waals surface area contributed by atoms with Crippen molar-refractivity contribution in [2.24, 2.45) is 5.92 Å². The number of pyridine rings is 1. The Hall–Kier alpha value is -2.68. The highest BCUT2D eigenvalue weighted by molar-refractivity contribution is 6.29. The zero-order valence-corrected chi connectivity index (χ0v) is 23.2. The lowest BCUT2D eigenvalue weighted by atomic mass is 9.75. The Morgan fingerprint density at radius 3 is 2.42 bits per heavy atom. The number of aromatic nitrogens is 1. The van der Waals surface area contributed by atoms with Gasteiger partial charge in [0.05, 0.1) is 19.1 Å². The number of halogens is 2. The number of fused-ring (bicyclic) bond motifs is 2. The van der Waals surface area contributed by atoms with Crippen molar-refractivity contribution in [2.45, 2.75) is 70.1 Å². The molecule has 0 radical (unpaired) electrons. The van der Waals surface area contributed by atoms with Gasteiger partial charge in [-0.1, -0.05) is 48.0 Å². The summed E-state index contributed by atoms with van der Waals surface area (Å²) in [6, 6.07) is 13.1. The lowest BCUT2D eigenvalue weighted by molar-refractivity contribution is -0.149. The minimum atomic E-state index is -0.928. The van der Waals surface area contributed by atoms with E-state index >= 15 is 0 Å². The molecule has 0 saturated carbocycles. The minimum Gasteiger partial charge on any atom is -0.466 e. The van der Waals surface area contributed by atoms with Crippen molar-refractivity contribution in [3.8, 4) is 0 Å². The van der Waals surface area contributed by atoms with E-state index in [4.69, 9.17) is 21.1 Å². The number of nitrogens with zero attached hydrogens (tertiary/aromatic N) is 2. The molecule has 2 aliphatic heterocycles. The highest BCUT2D eigenvalue weighted by Gasteiger charge is 2.56. The summed E-state index contributed by atoms with van der Waals surface area (Å²) in [6.07, 6.45) is 3.74. The SMILES string of the molecule is CCOC(=O)CCC(NC(=O)C1C(c2ccc(Cl)nc2)C2CCC1N2Cc1ccccc1)C(=O)OCC.Cl. The van der Waals surface area contributed by atoms with Gasteiger partial charge in [0.25, 0.3) is 0 Å². The number of ether oxygens (including phenoxy) is 2. The van der Waals surface area contributed by atoms with E-state index in [1.54, 1.807) is 26.1 Å². The molecule has 0 aliphatic carbocycles. The van der Waals surface area contributed by atoms with E-state index in [2.05, 4.69) is 27.3 Å². The van der Waals surface area contributed by atoms with Gasteiger partial charge in [-0.3, -0.25) is 14.5 Å². The van der Waals surface area contributed by atoms with Crippen molar-refractivity contribution in [2.75, 3.05) is 13.2 Å². The molecule has 2 aliphatic rings. The molecular weight excluding hydrogens is 529 g/mol. The average Bonchev–Trinajstić information content (AvgIpc) is 3.42. The van der Waals surface area contributed by atoms with Crippen LogP contribution in [0, 0.1) is 5.92 Å². The molecule has 3 heterocycles. The van der Waals surface area contributed by atoms with E-state index in [9.17, 15) is 14.4 Å². The van der Waals surface area contributed by atoms with Crippen LogP contribution in [-0.2, 0) is 30.4 Å². The molecule has 10 heteroatoms. The number of nitrogens with one attached hydrogen (secondary N) is 1. The monoisotopic (exact) mass is 563 g/mol. The number of hydrogen-bond acceptors (Lipinski definition) is 7. The molecule has 206 valence electrons. The summed E-state index contributed by atoms with van der Waals surface area (Å²) in [5.74, 6) is -1.66. The van der Waals surface area contributed by atoms with Crippen LogP contribution < -0.4 is 5.32 Å². The van der Waals surface area contributed by atoms with Gasteiger partial charge in [-0.25, -0.2) is 9.78 Å². The van der Waals surface area contributed by atoms with Crippen LogP contribution in [0.25, 0.3) is 0 Å². The maximum Gasteiger partial charge on any atom is 0.328 e. The summed E-state index contributed by atoms with van der Waals surface area (Å²) in [5.41, 5.74) is 2.14. The molecule has 2 saturated heterocycles. The molecular formula is C28H35Cl2N3O5. The predicted octanol–water partition coefficient (Wildman–Crippen LogP) is 4.29. The van der Waals surface area contributed by atoms with Gasteiger partial charge in [0.15, 0.2) is 0 Å². The average molecular weight is 565 g/mol. The Morgan fingerprint density at radius 1 is 1.05 bits per heavy atom. The lowest BCUT2D eigenvalue weighted by Gasteiger charge is -2.30. The summed E-state index contributed by atoms with van der Waals surface area (Å²) >= 11 is 6.06. The maximum atomic E-state index is 13.9. The fourth-order valence-corrected chi connectivity index (χ4v) is 5.92. The van der Waals surface area contributed by atoms with Gasteiger partial charge in [0.1, 0.15) is 11.2 Å². The molecule has 2 fully saturated rings. The number of rotatable bonds is 11. The van der Waals surface area contributed by atoms with Crippen LogP contribution in [0.5, 0.6) is 0 Å². The van der Waals surface area contributed by atoms with Crippen molar-refractivity contribution >= 4 is 41.9 Å². The molecule has 1 N–H and O–H groups in total. The van der Waals surface area contributed by atoms with E-state index in [-0.39, 0.29) is 68.3 Å². The highest BCUT2D eigenvalue weighted by Crippen LogP contribution is 2.51. The molecule has 5 unspecified atom stereocenters. The fourth-order valence-electron chi connectivity index (χ4n) is 5.81. The molecule has 38 heavy (non-hydrogen) atoms. The van der Waals surface area contributed by atoms with Crippen molar-refractivity contribution in [3.05, 3.63) is 64.9 Å². The first kappa shape index (κ1) is 29.9. The second kappa shape index (κ2) is 13.9. The highest BCUT2D eigenvalue weighted by atomic mass is 35.5. The molecule has 2 bridgehead atoms. The van der Waals surface area contributed by atoms with E-state index in [0.717, 1.165) is 24.9 Å². The first-order valence-electron chi connectivity index (χ1n) is 13.0. The maximum absolute atomic E-state index is 13.9. The predicted molar refractivity (Wildman–Crippen MR) is 146 cm³/mol. The molecule has 0 spiro atoms. The first-order chi connectivity index (χ1) is 17.9. The largest absolute Gasteiger partial charge is 0.466 e. The van der Waals surface area contributed by atoms with E-state index in [1.807, 2.05) is 24.3 Å². The molecule has 1 amide bonds. The first-order valence-corrected chi connectivity index (χ1v) is 13.3. The summed E-state index contributed by atoms with van der Waals surface area (Å²) in [4.78, 5) is 45.2. The minimum absolute atomic E-state index is 0. The second-order valence-corrected chi connectivity index (χ2v) is 9.88. The zero-order chi connectivity index (χ0) is 26.4.